The SMILES string of the molecule is C=CCCOC(C)C(=O)NCC1CCCN1.Cl. The third-order valence-electron chi connectivity index (χ3n) is 2.74. The second kappa shape index (κ2) is 9.45. The molecule has 1 saturated heterocycles. The van der Waals surface area contributed by atoms with Crippen LogP contribution in [-0.4, -0.2) is 37.7 Å². The van der Waals surface area contributed by atoms with Gasteiger partial charge in [0.2, 0.25) is 5.91 Å². The predicted octanol–water partition coefficient (Wildman–Crippen LogP) is 1.26. The van der Waals surface area contributed by atoms with E-state index in [0.717, 1.165) is 19.4 Å². The Hall–Kier alpha value is -0.580. The largest absolute Gasteiger partial charge is 0.368 e. The van der Waals surface area contributed by atoms with Gasteiger partial charge in [-0.1, -0.05) is 6.08 Å². The second-order valence-corrected chi connectivity index (χ2v) is 4.13. The lowest BCUT2D eigenvalue weighted by molar-refractivity contribution is -0.131. The fraction of sp³-hybridized carbons (Fsp3) is 0.750. The number of ether oxygens (including phenoxy) is 1. The van der Waals surface area contributed by atoms with E-state index in [1.54, 1.807) is 13.0 Å². The Morgan fingerprint density at radius 1 is 1.71 bits per heavy atom. The van der Waals surface area contributed by atoms with Crippen molar-refractivity contribution >= 4 is 18.3 Å². The molecular weight excluding hydrogens is 240 g/mol. The zero-order chi connectivity index (χ0) is 11.8. The van der Waals surface area contributed by atoms with Gasteiger partial charge in [-0.25, -0.2) is 0 Å². The summed E-state index contributed by atoms with van der Waals surface area (Å²) < 4.78 is 5.36. The van der Waals surface area contributed by atoms with Crippen molar-refractivity contribution in [3.63, 3.8) is 0 Å². The summed E-state index contributed by atoms with van der Waals surface area (Å²) in [5.74, 6) is -0.0298. The number of carbonyl (C=O) groups is 1. The number of rotatable bonds is 7. The molecule has 1 heterocycles. The predicted molar refractivity (Wildman–Crippen MR) is 71.5 cm³/mol. The maximum absolute atomic E-state index is 11.6. The molecular formula is C12H23ClN2O2. The van der Waals surface area contributed by atoms with Crippen molar-refractivity contribution < 1.29 is 9.53 Å². The summed E-state index contributed by atoms with van der Waals surface area (Å²) in [5, 5.41) is 6.23. The van der Waals surface area contributed by atoms with Gasteiger partial charge < -0.3 is 15.4 Å². The van der Waals surface area contributed by atoms with E-state index in [4.69, 9.17) is 4.74 Å². The van der Waals surface area contributed by atoms with E-state index < -0.39 is 0 Å². The van der Waals surface area contributed by atoms with Crippen LogP contribution in [0.3, 0.4) is 0 Å². The minimum absolute atomic E-state index is 0. The van der Waals surface area contributed by atoms with Crippen molar-refractivity contribution in [3.05, 3.63) is 12.7 Å². The Morgan fingerprint density at radius 2 is 2.47 bits per heavy atom. The molecule has 1 rings (SSSR count). The molecule has 2 N–H and O–H groups in total. The van der Waals surface area contributed by atoms with Crippen molar-refractivity contribution in [1.82, 2.24) is 10.6 Å². The Bertz CT molecular complexity index is 231. The molecule has 0 spiro atoms. The molecule has 5 heteroatoms. The average Bonchev–Trinajstić information content (AvgIpc) is 2.79. The van der Waals surface area contributed by atoms with E-state index in [9.17, 15) is 4.79 Å². The summed E-state index contributed by atoms with van der Waals surface area (Å²) in [6.07, 6.45) is 4.54. The number of hydrogen-bond donors (Lipinski definition) is 2. The van der Waals surface area contributed by atoms with Crippen LogP contribution in [0.1, 0.15) is 26.2 Å². The first-order valence-electron chi connectivity index (χ1n) is 5.97. The zero-order valence-electron chi connectivity index (χ0n) is 10.4. The zero-order valence-corrected chi connectivity index (χ0v) is 11.2. The van der Waals surface area contributed by atoms with Gasteiger partial charge in [-0.15, -0.1) is 19.0 Å². The van der Waals surface area contributed by atoms with E-state index in [1.807, 2.05) is 0 Å². The monoisotopic (exact) mass is 262 g/mol. The van der Waals surface area contributed by atoms with Crippen molar-refractivity contribution in [2.24, 2.45) is 0 Å². The summed E-state index contributed by atoms with van der Waals surface area (Å²) in [4.78, 5) is 11.6. The van der Waals surface area contributed by atoms with Gasteiger partial charge in [0.1, 0.15) is 6.10 Å². The molecule has 0 aromatic heterocycles. The number of nitrogens with one attached hydrogen (secondary N) is 2. The van der Waals surface area contributed by atoms with Crippen molar-refractivity contribution in [3.8, 4) is 0 Å². The minimum Gasteiger partial charge on any atom is -0.368 e. The first-order valence-corrected chi connectivity index (χ1v) is 5.97. The molecule has 17 heavy (non-hydrogen) atoms. The lowest BCUT2D eigenvalue weighted by Crippen LogP contribution is -2.41. The van der Waals surface area contributed by atoms with Crippen LogP contribution < -0.4 is 10.6 Å². The van der Waals surface area contributed by atoms with E-state index >= 15 is 0 Å². The third kappa shape index (κ3) is 6.66. The Labute approximate surface area is 110 Å². The van der Waals surface area contributed by atoms with Gasteiger partial charge >= 0.3 is 0 Å². The van der Waals surface area contributed by atoms with Gasteiger partial charge in [0.05, 0.1) is 6.61 Å². The van der Waals surface area contributed by atoms with E-state index in [-0.39, 0.29) is 24.4 Å². The highest BCUT2D eigenvalue weighted by Gasteiger charge is 2.17. The number of hydrogen-bond acceptors (Lipinski definition) is 3. The standard InChI is InChI=1S/C12H22N2O2.ClH/c1-3-4-8-16-10(2)12(15)14-9-11-6-5-7-13-11;/h3,10-11,13H,1,4-9H2,2H3,(H,14,15);1H. The summed E-state index contributed by atoms with van der Waals surface area (Å²) in [5.41, 5.74) is 0. The average molecular weight is 263 g/mol. The molecule has 0 saturated carbocycles. The van der Waals surface area contributed by atoms with Crippen LogP contribution in [0, 0.1) is 0 Å². The molecule has 2 unspecified atom stereocenters. The number of carbonyl (C=O) groups excluding carboxylic acids is 1. The molecule has 0 bridgehead atoms. The van der Waals surface area contributed by atoms with Crippen LogP contribution in [-0.2, 0) is 9.53 Å². The normalized spacial score (nSPS) is 20.4. The molecule has 2 atom stereocenters. The molecule has 0 aromatic rings. The van der Waals surface area contributed by atoms with Gasteiger partial charge in [0.15, 0.2) is 0 Å². The quantitative estimate of drug-likeness (QED) is 0.537. The van der Waals surface area contributed by atoms with Crippen LogP contribution >= 0.6 is 12.4 Å². The summed E-state index contributed by atoms with van der Waals surface area (Å²) >= 11 is 0. The molecule has 0 radical (unpaired) electrons. The molecule has 1 aliphatic rings. The van der Waals surface area contributed by atoms with Gasteiger partial charge in [0, 0.05) is 12.6 Å². The minimum atomic E-state index is -0.374. The lowest BCUT2D eigenvalue weighted by Gasteiger charge is -2.15. The van der Waals surface area contributed by atoms with Crippen LogP contribution in [0.4, 0.5) is 0 Å². The van der Waals surface area contributed by atoms with Crippen LogP contribution in [0.15, 0.2) is 12.7 Å². The summed E-state index contributed by atoms with van der Waals surface area (Å²) in [6.45, 7) is 7.70. The highest BCUT2D eigenvalue weighted by molar-refractivity contribution is 5.85. The van der Waals surface area contributed by atoms with Gasteiger partial charge in [-0.2, -0.15) is 0 Å². The molecule has 1 fully saturated rings. The molecule has 100 valence electrons. The van der Waals surface area contributed by atoms with Gasteiger partial charge in [-0.05, 0) is 32.7 Å². The Balaban J connectivity index is 0.00000256. The van der Waals surface area contributed by atoms with Crippen molar-refractivity contribution in [2.45, 2.75) is 38.3 Å². The van der Waals surface area contributed by atoms with E-state index in [2.05, 4.69) is 17.2 Å². The first-order chi connectivity index (χ1) is 7.74. The summed E-state index contributed by atoms with van der Waals surface area (Å²) in [7, 11) is 0. The fourth-order valence-electron chi connectivity index (χ4n) is 1.70. The second-order valence-electron chi connectivity index (χ2n) is 4.13. The van der Waals surface area contributed by atoms with Crippen LogP contribution in [0.5, 0.6) is 0 Å². The molecule has 0 aliphatic carbocycles. The smallest absolute Gasteiger partial charge is 0.248 e. The molecule has 4 nitrogen and oxygen atoms in total. The number of amides is 1. The highest BCUT2D eigenvalue weighted by atomic mass is 35.5. The maximum Gasteiger partial charge on any atom is 0.248 e. The molecule has 0 aromatic carbocycles. The first kappa shape index (κ1) is 16.4. The summed E-state index contributed by atoms with van der Waals surface area (Å²) in [6, 6.07) is 0.435. The molecule has 1 aliphatic heterocycles. The van der Waals surface area contributed by atoms with Crippen molar-refractivity contribution in [2.75, 3.05) is 19.7 Å². The van der Waals surface area contributed by atoms with Crippen molar-refractivity contribution in [1.29, 1.82) is 0 Å². The number of halogens is 1. The highest BCUT2D eigenvalue weighted by Crippen LogP contribution is 2.03. The fourth-order valence-corrected chi connectivity index (χ4v) is 1.70. The van der Waals surface area contributed by atoms with Gasteiger partial charge in [-0.3, -0.25) is 4.79 Å². The lowest BCUT2D eigenvalue weighted by atomic mass is 10.2. The Kier molecular flexibility index (Phi) is 9.13. The van der Waals surface area contributed by atoms with Crippen LogP contribution in [0.25, 0.3) is 0 Å². The molecule has 1 amide bonds. The van der Waals surface area contributed by atoms with E-state index in [1.165, 1.54) is 6.42 Å². The van der Waals surface area contributed by atoms with E-state index in [0.29, 0.717) is 19.2 Å². The van der Waals surface area contributed by atoms with Gasteiger partial charge in [0.25, 0.3) is 0 Å². The topological polar surface area (TPSA) is 50.4 Å². The third-order valence-corrected chi connectivity index (χ3v) is 2.74. The van der Waals surface area contributed by atoms with Crippen LogP contribution in [0.2, 0.25) is 0 Å². The maximum atomic E-state index is 11.6. The Morgan fingerprint density at radius 3 is 3.06 bits per heavy atom.